The van der Waals surface area contributed by atoms with Crippen molar-refractivity contribution in [3.63, 3.8) is 0 Å². The summed E-state index contributed by atoms with van der Waals surface area (Å²) < 4.78 is 5.45. The highest BCUT2D eigenvalue weighted by Gasteiger charge is 2.40. The smallest absolute Gasteiger partial charge is 0.114 e. The molecule has 1 unspecified atom stereocenters. The molecule has 1 aliphatic heterocycles. The zero-order chi connectivity index (χ0) is 10.5. The Kier molecular flexibility index (Phi) is 1.68. The number of aryl methyl sites for hydroxylation is 1. The Hall–Kier alpha value is -1.34. The lowest BCUT2D eigenvalue weighted by atomic mass is 9.98. The average Bonchev–Trinajstić information content (AvgIpc) is 2.97. The van der Waals surface area contributed by atoms with E-state index in [1.54, 1.807) is 0 Å². The minimum absolute atomic E-state index is 0.0148. The van der Waals surface area contributed by atoms with Crippen LogP contribution in [0.4, 0.5) is 0 Å². The van der Waals surface area contributed by atoms with Crippen LogP contribution in [0.2, 0.25) is 0 Å². The maximum Gasteiger partial charge on any atom is 0.114 e. The van der Waals surface area contributed by atoms with Crippen LogP contribution in [0.3, 0.4) is 0 Å². The zero-order valence-electron chi connectivity index (χ0n) is 9.08. The third-order valence-corrected chi connectivity index (χ3v) is 3.18. The molecule has 15 heavy (non-hydrogen) atoms. The number of rotatable bonds is 1. The van der Waals surface area contributed by atoms with E-state index in [0.29, 0.717) is 0 Å². The molecule has 0 saturated carbocycles. The predicted molar refractivity (Wildman–Crippen MR) is 62.0 cm³/mol. The standard InChI is InChI=1S/C14H14O/c1-10-3-4-12-8-13(14(2)9-15-14)6-5-11(12)7-10/h3-8H,9H2,1-2H3. The van der Waals surface area contributed by atoms with Gasteiger partial charge in [0.25, 0.3) is 0 Å². The highest BCUT2D eigenvalue weighted by molar-refractivity contribution is 5.84. The molecule has 0 N–H and O–H groups in total. The predicted octanol–water partition coefficient (Wildman–Crippen LogP) is 3.39. The molecule has 76 valence electrons. The van der Waals surface area contributed by atoms with E-state index in [1.165, 1.54) is 21.9 Å². The Labute approximate surface area is 89.7 Å². The fraction of sp³-hybridized carbons (Fsp3) is 0.286. The molecule has 1 heterocycles. The van der Waals surface area contributed by atoms with Crippen molar-refractivity contribution < 1.29 is 4.74 Å². The summed E-state index contributed by atoms with van der Waals surface area (Å²) in [5.74, 6) is 0. The molecule has 1 saturated heterocycles. The number of hydrogen-bond acceptors (Lipinski definition) is 1. The Morgan fingerprint density at radius 3 is 2.47 bits per heavy atom. The van der Waals surface area contributed by atoms with Gasteiger partial charge < -0.3 is 4.74 Å². The third-order valence-electron chi connectivity index (χ3n) is 3.18. The second-order valence-corrected chi connectivity index (χ2v) is 4.58. The number of ether oxygens (including phenoxy) is 1. The van der Waals surface area contributed by atoms with Crippen molar-refractivity contribution in [2.75, 3.05) is 6.61 Å². The van der Waals surface area contributed by atoms with Gasteiger partial charge in [0.15, 0.2) is 0 Å². The summed E-state index contributed by atoms with van der Waals surface area (Å²) in [7, 11) is 0. The molecule has 0 bridgehead atoms. The Balaban J connectivity index is 2.18. The van der Waals surface area contributed by atoms with E-state index in [2.05, 4.69) is 50.2 Å². The van der Waals surface area contributed by atoms with Gasteiger partial charge in [-0.2, -0.15) is 0 Å². The second kappa shape index (κ2) is 2.83. The molecule has 2 aromatic carbocycles. The minimum atomic E-state index is -0.0148. The van der Waals surface area contributed by atoms with E-state index in [0.717, 1.165) is 6.61 Å². The average molecular weight is 198 g/mol. The van der Waals surface area contributed by atoms with Crippen molar-refractivity contribution in [2.24, 2.45) is 0 Å². The highest BCUT2D eigenvalue weighted by atomic mass is 16.6. The van der Waals surface area contributed by atoms with Crippen molar-refractivity contribution >= 4 is 10.8 Å². The fourth-order valence-corrected chi connectivity index (χ4v) is 1.97. The van der Waals surface area contributed by atoms with Gasteiger partial charge in [0, 0.05) is 0 Å². The normalized spacial score (nSPS) is 24.4. The van der Waals surface area contributed by atoms with E-state index >= 15 is 0 Å². The Morgan fingerprint density at radius 1 is 1.07 bits per heavy atom. The van der Waals surface area contributed by atoms with Crippen molar-refractivity contribution in [1.29, 1.82) is 0 Å². The van der Waals surface area contributed by atoms with Crippen LogP contribution in [0.1, 0.15) is 18.1 Å². The minimum Gasteiger partial charge on any atom is -0.365 e. The van der Waals surface area contributed by atoms with Gasteiger partial charge in [-0.05, 0) is 36.2 Å². The van der Waals surface area contributed by atoms with E-state index in [4.69, 9.17) is 4.74 Å². The Morgan fingerprint density at radius 2 is 1.73 bits per heavy atom. The van der Waals surface area contributed by atoms with Crippen LogP contribution < -0.4 is 0 Å². The lowest BCUT2D eigenvalue weighted by Gasteiger charge is -2.07. The van der Waals surface area contributed by atoms with Crippen LogP contribution >= 0.6 is 0 Å². The maximum atomic E-state index is 5.45. The molecule has 1 fully saturated rings. The summed E-state index contributed by atoms with van der Waals surface area (Å²) in [6.45, 7) is 5.12. The molecule has 1 heteroatoms. The first kappa shape index (κ1) is 8.93. The van der Waals surface area contributed by atoms with E-state index in [-0.39, 0.29) is 5.60 Å². The zero-order valence-corrected chi connectivity index (χ0v) is 9.08. The molecule has 0 spiro atoms. The lowest BCUT2D eigenvalue weighted by molar-refractivity contribution is 0.330. The molecular weight excluding hydrogens is 184 g/mol. The third kappa shape index (κ3) is 1.44. The molecule has 0 aliphatic carbocycles. The molecule has 0 radical (unpaired) electrons. The molecule has 2 aromatic rings. The van der Waals surface area contributed by atoms with Gasteiger partial charge in [0.1, 0.15) is 5.60 Å². The first-order valence-corrected chi connectivity index (χ1v) is 5.32. The summed E-state index contributed by atoms with van der Waals surface area (Å²) in [4.78, 5) is 0. The lowest BCUT2D eigenvalue weighted by Crippen LogP contribution is -2.01. The van der Waals surface area contributed by atoms with Crippen LogP contribution in [-0.4, -0.2) is 6.61 Å². The monoisotopic (exact) mass is 198 g/mol. The number of fused-ring (bicyclic) bond motifs is 1. The number of epoxide rings is 1. The van der Waals surface area contributed by atoms with E-state index in [9.17, 15) is 0 Å². The van der Waals surface area contributed by atoms with Crippen LogP contribution in [-0.2, 0) is 10.3 Å². The van der Waals surface area contributed by atoms with E-state index in [1.807, 2.05) is 0 Å². The van der Waals surface area contributed by atoms with Crippen LogP contribution in [0, 0.1) is 6.92 Å². The number of benzene rings is 2. The van der Waals surface area contributed by atoms with Gasteiger partial charge in [0.05, 0.1) is 6.61 Å². The van der Waals surface area contributed by atoms with E-state index < -0.39 is 0 Å². The van der Waals surface area contributed by atoms with Crippen LogP contribution in [0.5, 0.6) is 0 Å². The number of hydrogen-bond donors (Lipinski definition) is 0. The summed E-state index contributed by atoms with van der Waals surface area (Å²) in [5, 5.41) is 2.61. The van der Waals surface area contributed by atoms with Crippen molar-refractivity contribution in [1.82, 2.24) is 0 Å². The summed E-state index contributed by atoms with van der Waals surface area (Å²) in [6, 6.07) is 13.2. The molecule has 0 aromatic heterocycles. The molecule has 1 nitrogen and oxygen atoms in total. The van der Waals surface area contributed by atoms with Crippen molar-refractivity contribution in [3.05, 3.63) is 47.5 Å². The van der Waals surface area contributed by atoms with Gasteiger partial charge in [-0.3, -0.25) is 0 Å². The molecule has 1 atom stereocenters. The van der Waals surface area contributed by atoms with Crippen LogP contribution in [0.15, 0.2) is 36.4 Å². The van der Waals surface area contributed by atoms with Gasteiger partial charge in [-0.25, -0.2) is 0 Å². The fourth-order valence-electron chi connectivity index (χ4n) is 1.97. The summed E-state index contributed by atoms with van der Waals surface area (Å²) in [5.41, 5.74) is 2.59. The largest absolute Gasteiger partial charge is 0.365 e. The quantitative estimate of drug-likeness (QED) is 0.640. The second-order valence-electron chi connectivity index (χ2n) is 4.58. The molecule has 1 aliphatic rings. The maximum absolute atomic E-state index is 5.45. The first-order valence-electron chi connectivity index (χ1n) is 5.32. The van der Waals surface area contributed by atoms with Gasteiger partial charge >= 0.3 is 0 Å². The molecule has 3 rings (SSSR count). The SMILES string of the molecule is Cc1ccc2cc(C3(C)CO3)ccc2c1. The summed E-state index contributed by atoms with van der Waals surface area (Å²) in [6.07, 6.45) is 0. The highest BCUT2D eigenvalue weighted by Crippen LogP contribution is 2.38. The summed E-state index contributed by atoms with van der Waals surface area (Å²) >= 11 is 0. The topological polar surface area (TPSA) is 12.5 Å². The Bertz CT molecular complexity index is 524. The van der Waals surface area contributed by atoms with Crippen LogP contribution in [0.25, 0.3) is 10.8 Å². The van der Waals surface area contributed by atoms with Crippen molar-refractivity contribution in [3.8, 4) is 0 Å². The van der Waals surface area contributed by atoms with Gasteiger partial charge in [-0.15, -0.1) is 0 Å². The van der Waals surface area contributed by atoms with Crippen molar-refractivity contribution in [2.45, 2.75) is 19.4 Å². The molecule has 0 amide bonds. The van der Waals surface area contributed by atoms with Gasteiger partial charge in [-0.1, -0.05) is 35.9 Å². The van der Waals surface area contributed by atoms with Gasteiger partial charge in [0.2, 0.25) is 0 Å². The molecular formula is C14H14O. The first-order chi connectivity index (χ1) is 7.17.